The number of carbonyl (C=O) groups excluding carboxylic acids is 1. The summed E-state index contributed by atoms with van der Waals surface area (Å²) in [6, 6.07) is 10.0. The Hall–Kier alpha value is -3.39. The Labute approximate surface area is 164 Å². The minimum absolute atomic E-state index is 0.249. The molecule has 0 aliphatic carbocycles. The summed E-state index contributed by atoms with van der Waals surface area (Å²) in [7, 11) is 0. The molecular formula is C19H14ClN5O3. The van der Waals surface area contributed by atoms with E-state index >= 15 is 0 Å². The zero-order chi connectivity index (χ0) is 19.1. The highest BCUT2D eigenvalue weighted by Crippen LogP contribution is 2.33. The number of imidazole rings is 1. The summed E-state index contributed by atoms with van der Waals surface area (Å²) in [6.45, 7) is 0.345. The molecule has 1 amide bonds. The van der Waals surface area contributed by atoms with E-state index in [1.54, 1.807) is 35.5 Å². The Balaban J connectivity index is 1.51. The van der Waals surface area contributed by atoms with Gasteiger partial charge in [0.25, 0.3) is 5.91 Å². The van der Waals surface area contributed by atoms with Crippen LogP contribution in [0.3, 0.4) is 0 Å². The molecule has 0 unspecified atom stereocenters. The highest BCUT2D eigenvalue weighted by atomic mass is 35.5. The summed E-state index contributed by atoms with van der Waals surface area (Å²) < 4.78 is 10.8. The zero-order valence-electron chi connectivity index (χ0n) is 14.5. The fourth-order valence-corrected chi connectivity index (χ4v) is 3.42. The molecule has 8 nitrogen and oxygen atoms in total. The second-order valence-corrected chi connectivity index (χ2v) is 6.86. The van der Waals surface area contributed by atoms with Crippen molar-refractivity contribution in [1.29, 1.82) is 0 Å². The van der Waals surface area contributed by atoms with E-state index in [-0.39, 0.29) is 11.7 Å². The number of nitrogens with zero attached hydrogens (tertiary/aromatic N) is 4. The average Bonchev–Trinajstić information content (AvgIpc) is 3.48. The standard InChI is InChI=1S/C19H14ClN5O3/c20-12-5-3-11(4-6-12)17-23-18(28-24-17)15-8-13-14(22-10-21-13)9-25(15)19(26)16-2-1-7-27-16/h1-7,10,15H,8-9H2,(H,21,22)/t15-/m0/s1. The van der Waals surface area contributed by atoms with Crippen LogP contribution in [0, 0.1) is 0 Å². The van der Waals surface area contributed by atoms with Crippen LogP contribution in [0.25, 0.3) is 11.4 Å². The Morgan fingerprint density at radius 1 is 1.25 bits per heavy atom. The quantitative estimate of drug-likeness (QED) is 0.568. The van der Waals surface area contributed by atoms with Crippen LogP contribution in [0.1, 0.15) is 33.9 Å². The molecule has 1 atom stereocenters. The van der Waals surface area contributed by atoms with Crippen molar-refractivity contribution in [1.82, 2.24) is 25.0 Å². The predicted octanol–water partition coefficient (Wildman–Crippen LogP) is 3.65. The van der Waals surface area contributed by atoms with Crippen LogP contribution in [-0.4, -0.2) is 30.9 Å². The lowest BCUT2D eigenvalue weighted by Crippen LogP contribution is -2.39. The number of hydrogen-bond acceptors (Lipinski definition) is 6. The van der Waals surface area contributed by atoms with Gasteiger partial charge in [0, 0.05) is 17.0 Å². The van der Waals surface area contributed by atoms with E-state index in [1.165, 1.54) is 6.26 Å². The summed E-state index contributed by atoms with van der Waals surface area (Å²) in [5, 5.41) is 4.70. The van der Waals surface area contributed by atoms with E-state index in [1.807, 2.05) is 12.1 Å². The number of furan rings is 1. The van der Waals surface area contributed by atoms with E-state index in [9.17, 15) is 4.79 Å². The molecule has 0 saturated carbocycles. The lowest BCUT2D eigenvalue weighted by Gasteiger charge is -2.32. The van der Waals surface area contributed by atoms with Crippen LogP contribution in [0.15, 0.2) is 57.9 Å². The monoisotopic (exact) mass is 395 g/mol. The van der Waals surface area contributed by atoms with Crippen LogP contribution < -0.4 is 0 Å². The molecular weight excluding hydrogens is 382 g/mol. The summed E-state index contributed by atoms with van der Waals surface area (Å²) in [5.74, 6) is 0.787. The van der Waals surface area contributed by atoms with Crippen molar-refractivity contribution >= 4 is 17.5 Å². The third kappa shape index (κ3) is 2.87. The summed E-state index contributed by atoms with van der Waals surface area (Å²) >= 11 is 5.94. The van der Waals surface area contributed by atoms with Crippen molar-refractivity contribution in [3.05, 3.63) is 77.1 Å². The normalized spacial score (nSPS) is 16.2. The first-order valence-corrected chi connectivity index (χ1v) is 9.02. The molecule has 9 heteroatoms. The molecule has 3 aromatic heterocycles. The minimum atomic E-state index is -0.443. The Morgan fingerprint density at radius 3 is 2.89 bits per heavy atom. The van der Waals surface area contributed by atoms with Gasteiger partial charge in [-0.3, -0.25) is 4.79 Å². The van der Waals surface area contributed by atoms with Crippen molar-refractivity contribution < 1.29 is 13.7 Å². The molecule has 140 valence electrons. The highest BCUT2D eigenvalue weighted by Gasteiger charge is 2.37. The van der Waals surface area contributed by atoms with Crippen molar-refractivity contribution in [2.45, 2.75) is 19.0 Å². The Bertz CT molecular complexity index is 1120. The number of aromatic nitrogens is 4. The smallest absolute Gasteiger partial charge is 0.290 e. The van der Waals surface area contributed by atoms with E-state index in [2.05, 4.69) is 20.1 Å². The van der Waals surface area contributed by atoms with Crippen LogP contribution in [0.4, 0.5) is 0 Å². The van der Waals surface area contributed by atoms with E-state index in [4.69, 9.17) is 20.5 Å². The fourth-order valence-electron chi connectivity index (χ4n) is 3.30. The van der Waals surface area contributed by atoms with Crippen LogP contribution >= 0.6 is 11.6 Å². The van der Waals surface area contributed by atoms with Gasteiger partial charge in [-0.25, -0.2) is 4.98 Å². The number of hydrogen-bond donors (Lipinski definition) is 1. The summed E-state index contributed by atoms with van der Waals surface area (Å²) in [5.41, 5.74) is 2.54. The summed E-state index contributed by atoms with van der Waals surface area (Å²) in [6.07, 6.45) is 3.56. The van der Waals surface area contributed by atoms with Gasteiger partial charge in [0.1, 0.15) is 6.04 Å². The number of fused-ring (bicyclic) bond motifs is 1. The highest BCUT2D eigenvalue weighted by molar-refractivity contribution is 6.30. The van der Waals surface area contributed by atoms with Crippen LogP contribution in [0.2, 0.25) is 5.02 Å². The van der Waals surface area contributed by atoms with Crippen molar-refractivity contribution in [2.24, 2.45) is 0 Å². The second-order valence-electron chi connectivity index (χ2n) is 6.42. The lowest BCUT2D eigenvalue weighted by molar-refractivity contribution is 0.0557. The molecule has 4 aromatic rings. The first-order chi connectivity index (χ1) is 13.7. The number of halogens is 1. The van der Waals surface area contributed by atoms with Crippen LogP contribution in [-0.2, 0) is 13.0 Å². The van der Waals surface area contributed by atoms with Gasteiger partial charge in [0.05, 0.1) is 30.5 Å². The van der Waals surface area contributed by atoms with Gasteiger partial charge in [-0.05, 0) is 36.4 Å². The Kier molecular flexibility index (Phi) is 3.98. The van der Waals surface area contributed by atoms with E-state index < -0.39 is 6.04 Å². The third-order valence-corrected chi connectivity index (χ3v) is 4.97. The number of benzene rings is 1. The number of aromatic amines is 1. The van der Waals surface area contributed by atoms with Crippen molar-refractivity contribution in [3.8, 4) is 11.4 Å². The van der Waals surface area contributed by atoms with Crippen molar-refractivity contribution in [2.75, 3.05) is 0 Å². The maximum absolute atomic E-state index is 13.0. The molecule has 1 aliphatic rings. The first-order valence-electron chi connectivity index (χ1n) is 8.64. The van der Waals surface area contributed by atoms with Gasteiger partial charge in [-0.2, -0.15) is 4.98 Å². The average molecular weight is 396 g/mol. The minimum Gasteiger partial charge on any atom is -0.459 e. The summed E-state index contributed by atoms with van der Waals surface area (Å²) in [4.78, 5) is 26.6. The molecule has 1 aliphatic heterocycles. The molecule has 1 N–H and O–H groups in total. The molecule has 0 radical (unpaired) electrons. The number of amides is 1. The molecule has 0 fully saturated rings. The van der Waals surface area contributed by atoms with Gasteiger partial charge in [0.2, 0.25) is 11.7 Å². The van der Waals surface area contributed by atoms with Gasteiger partial charge in [0.15, 0.2) is 5.76 Å². The predicted molar refractivity (Wildman–Crippen MR) is 98.4 cm³/mol. The third-order valence-electron chi connectivity index (χ3n) is 4.72. The molecule has 4 heterocycles. The van der Waals surface area contributed by atoms with E-state index in [0.29, 0.717) is 29.7 Å². The number of rotatable bonds is 3. The largest absolute Gasteiger partial charge is 0.459 e. The van der Waals surface area contributed by atoms with E-state index in [0.717, 1.165) is 17.0 Å². The number of nitrogens with one attached hydrogen (secondary N) is 1. The molecule has 0 spiro atoms. The zero-order valence-corrected chi connectivity index (χ0v) is 15.3. The lowest BCUT2D eigenvalue weighted by atomic mass is 10.0. The fraction of sp³-hybridized carbons (Fsp3) is 0.158. The van der Waals surface area contributed by atoms with Crippen molar-refractivity contribution in [3.63, 3.8) is 0 Å². The number of carbonyl (C=O) groups is 1. The van der Waals surface area contributed by atoms with Gasteiger partial charge in [-0.1, -0.05) is 16.8 Å². The maximum Gasteiger partial charge on any atom is 0.290 e. The van der Waals surface area contributed by atoms with Crippen LogP contribution in [0.5, 0.6) is 0 Å². The molecule has 0 bridgehead atoms. The maximum atomic E-state index is 13.0. The van der Waals surface area contributed by atoms with Gasteiger partial charge in [-0.15, -0.1) is 0 Å². The molecule has 5 rings (SSSR count). The Morgan fingerprint density at radius 2 is 2.11 bits per heavy atom. The van der Waals surface area contributed by atoms with Gasteiger partial charge >= 0.3 is 0 Å². The molecule has 28 heavy (non-hydrogen) atoms. The topological polar surface area (TPSA) is 101 Å². The molecule has 1 aromatic carbocycles. The SMILES string of the molecule is O=C(c1ccco1)N1Cc2[nH]cnc2C[C@H]1c1nc(-c2ccc(Cl)cc2)no1. The molecule has 0 saturated heterocycles. The first kappa shape index (κ1) is 16.8. The second kappa shape index (κ2) is 6.65. The number of H-pyrrole nitrogens is 1. The van der Waals surface area contributed by atoms with Gasteiger partial charge < -0.3 is 18.8 Å².